The highest BCUT2D eigenvalue weighted by Crippen LogP contribution is 2.28. The molecule has 0 spiro atoms. The van der Waals surface area contributed by atoms with Gasteiger partial charge in [-0.1, -0.05) is 47.5 Å². The molecule has 0 aliphatic rings. The van der Waals surface area contributed by atoms with E-state index < -0.39 is 11.9 Å². The third kappa shape index (κ3) is 8.99. The summed E-state index contributed by atoms with van der Waals surface area (Å²) in [6.07, 6.45) is -0.0450. The van der Waals surface area contributed by atoms with Gasteiger partial charge in [0.15, 0.2) is 11.6 Å². The highest BCUT2D eigenvalue weighted by atomic mass is 32.2. The van der Waals surface area contributed by atoms with Crippen LogP contribution in [0.5, 0.6) is 0 Å². The van der Waals surface area contributed by atoms with Crippen molar-refractivity contribution in [3.05, 3.63) is 95.1 Å². The molecule has 0 fully saturated rings. The number of benzene rings is 3. The van der Waals surface area contributed by atoms with Crippen molar-refractivity contribution in [1.29, 1.82) is 0 Å². The molecule has 1 amide bonds. The number of carbonyl (C=O) groups is 4. The van der Waals surface area contributed by atoms with Gasteiger partial charge in [0, 0.05) is 44.8 Å². The Bertz CT molecular complexity index is 1220. The van der Waals surface area contributed by atoms with Gasteiger partial charge in [0.1, 0.15) is 5.78 Å². The number of hydrogen-bond donors (Lipinski definition) is 1. The van der Waals surface area contributed by atoms with Crippen molar-refractivity contribution in [2.45, 2.75) is 49.9 Å². The average molecular weight is 548 g/mol. The number of rotatable bonds is 13. The molecule has 3 aromatic rings. The van der Waals surface area contributed by atoms with Crippen LogP contribution in [-0.4, -0.2) is 40.8 Å². The van der Waals surface area contributed by atoms with Crippen LogP contribution in [0.25, 0.3) is 0 Å². The van der Waals surface area contributed by atoms with Crippen molar-refractivity contribution in [3.63, 3.8) is 0 Å². The number of Topliss-reactive ketones (excluding diaryl/α,β-unsaturated/α-hetero) is 3. The minimum absolute atomic E-state index is 0.0226. The molecule has 1 N–H and O–H groups in total. The molecule has 0 aromatic heterocycles. The monoisotopic (exact) mass is 547 g/mol. The molecule has 1 atom stereocenters. The Morgan fingerprint density at radius 1 is 0.684 bits per heavy atom. The van der Waals surface area contributed by atoms with Crippen molar-refractivity contribution in [2.24, 2.45) is 5.92 Å². The Morgan fingerprint density at radius 3 is 1.55 bits per heavy atom. The fraction of sp³-hybridized carbons (Fsp3) is 0.290. The van der Waals surface area contributed by atoms with Crippen LogP contribution in [0.1, 0.15) is 52.1 Å². The third-order valence-corrected chi connectivity index (χ3v) is 8.38. The van der Waals surface area contributed by atoms with Gasteiger partial charge in [-0.25, -0.2) is 0 Å². The van der Waals surface area contributed by atoms with E-state index in [1.165, 1.54) is 25.0 Å². The van der Waals surface area contributed by atoms with Crippen molar-refractivity contribution in [2.75, 3.05) is 11.5 Å². The first-order chi connectivity index (χ1) is 18.1. The highest BCUT2D eigenvalue weighted by molar-refractivity contribution is 8.00. The molecule has 0 saturated carbocycles. The zero-order valence-electron chi connectivity index (χ0n) is 22.2. The van der Waals surface area contributed by atoms with Crippen LogP contribution in [0.4, 0.5) is 0 Å². The molecule has 5 nitrogen and oxygen atoms in total. The molecule has 0 radical (unpaired) electrons. The normalized spacial score (nSPS) is 11.7. The summed E-state index contributed by atoms with van der Waals surface area (Å²) in [5.41, 5.74) is 3.25. The van der Waals surface area contributed by atoms with Crippen LogP contribution < -0.4 is 5.32 Å². The topological polar surface area (TPSA) is 80.3 Å². The number of amides is 1. The van der Waals surface area contributed by atoms with Gasteiger partial charge in [-0.3, -0.25) is 19.2 Å². The predicted molar refractivity (Wildman–Crippen MR) is 155 cm³/mol. The van der Waals surface area contributed by atoms with E-state index in [4.69, 9.17) is 0 Å². The van der Waals surface area contributed by atoms with Gasteiger partial charge in [-0.15, -0.1) is 23.5 Å². The van der Waals surface area contributed by atoms with Crippen LogP contribution in [0.2, 0.25) is 0 Å². The summed E-state index contributed by atoms with van der Waals surface area (Å²) in [6.45, 7) is 6.82. The van der Waals surface area contributed by atoms with E-state index in [0.717, 1.165) is 9.79 Å². The van der Waals surface area contributed by atoms with E-state index in [1.54, 1.807) is 47.8 Å². The lowest BCUT2D eigenvalue weighted by molar-refractivity contribution is -0.123. The van der Waals surface area contributed by atoms with E-state index in [9.17, 15) is 19.2 Å². The van der Waals surface area contributed by atoms with E-state index in [-0.39, 0.29) is 29.7 Å². The summed E-state index contributed by atoms with van der Waals surface area (Å²) in [4.78, 5) is 51.7. The highest BCUT2D eigenvalue weighted by Gasteiger charge is 2.23. The van der Waals surface area contributed by atoms with Crippen LogP contribution in [-0.2, 0) is 9.59 Å². The molecular formula is C31H33NO4S2. The van der Waals surface area contributed by atoms with Crippen LogP contribution in [0.15, 0.2) is 82.6 Å². The third-order valence-electron chi connectivity index (χ3n) is 6.03. The van der Waals surface area contributed by atoms with Crippen LogP contribution in [0, 0.1) is 19.8 Å². The first-order valence-electron chi connectivity index (χ1n) is 12.5. The number of thioether (sulfide) groups is 2. The molecule has 38 heavy (non-hydrogen) atoms. The quantitative estimate of drug-likeness (QED) is 0.198. The van der Waals surface area contributed by atoms with Gasteiger partial charge in [0.25, 0.3) is 5.91 Å². The maximum atomic E-state index is 13.6. The fourth-order valence-corrected chi connectivity index (χ4v) is 5.84. The van der Waals surface area contributed by atoms with Gasteiger partial charge >= 0.3 is 0 Å². The molecule has 0 saturated heterocycles. The van der Waals surface area contributed by atoms with Crippen molar-refractivity contribution < 1.29 is 19.2 Å². The molecular weight excluding hydrogens is 514 g/mol. The second-order valence-electron chi connectivity index (χ2n) is 9.43. The number of nitrogens with one attached hydrogen (secondary N) is 1. The summed E-state index contributed by atoms with van der Waals surface area (Å²) >= 11 is 3.32. The Hall–Kier alpha value is -3.16. The minimum Gasteiger partial charge on any atom is -0.342 e. The second-order valence-corrected chi connectivity index (χ2v) is 11.6. The zero-order valence-corrected chi connectivity index (χ0v) is 23.8. The van der Waals surface area contributed by atoms with E-state index in [1.807, 2.05) is 13.8 Å². The van der Waals surface area contributed by atoms with Crippen LogP contribution in [0.3, 0.4) is 0 Å². The summed E-state index contributed by atoms with van der Waals surface area (Å²) in [7, 11) is 0. The fourth-order valence-electron chi connectivity index (χ4n) is 3.71. The average Bonchev–Trinajstić information content (AvgIpc) is 2.89. The van der Waals surface area contributed by atoms with Crippen molar-refractivity contribution in [1.82, 2.24) is 5.32 Å². The van der Waals surface area contributed by atoms with Gasteiger partial charge < -0.3 is 5.32 Å². The van der Waals surface area contributed by atoms with Crippen molar-refractivity contribution >= 4 is 46.8 Å². The lowest BCUT2D eigenvalue weighted by atomic mass is 9.99. The Morgan fingerprint density at radius 2 is 1.13 bits per heavy atom. The molecule has 7 heteroatoms. The Labute approximate surface area is 233 Å². The minimum atomic E-state index is -0.858. The largest absolute Gasteiger partial charge is 0.342 e. The molecule has 0 heterocycles. The predicted octanol–water partition coefficient (Wildman–Crippen LogP) is 6.35. The van der Waals surface area contributed by atoms with Gasteiger partial charge in [0.05, 0.1) is 6.04 Å². The number of aryl methyl sites for hydroxylation is 2. The first kappa shape index (κ1) is 29.4. The summed E-state index contributed by atoms with van der Waals surface area (Å²) in [6, 6.07) is 22.2. The maximum Gasteiger partial charge on any atom is 0.251 e. The maximum absolute atomic E-state index is 13.6. The Kier molecular flexibility index (Phi) is 10.9. The molecule has 198 valence electrons. The van der Waals surface area contributed by atoms with E-state index >= 15 is 0 Å². The molecule has 0 aliphatic carbocycles. The first-order valence-corrected chi connectivity index (χ1v) is 14.4. The summed E-state index contributed by atoms with van der Waals surface area (Å²) < 4.78 is 0. The molecule has 1 unspecified atom stereocenters. The van der Waals surface area contributed by atoms with Crippen LogP contribution >= 0.6 is 23.5 Å². The lowest BCUT2D eigenvalue weighted by Gasteiger charge is -2.17. The molecule has 3 aromatic carbocycles. The van der Waals surface area contributed by atoms with Gasteiger partial charge in [-0.2, -0.15) is 0 Å². The van der Waals surface area contributed by atoms with Gasteiger partial charge in [0.2, 0.25) is 0 Å². The lowest BCUT2D eigenvalue weighted by Crippen LogP contribution is -2.41. The van der Waals surface area contributed by atoms with Crippen molar-refractivity contribution in [3.8, 4) is 0 Å². The number of ketones is 3. The van der Waals surface area contributed by atoms with Gasteiger partial charge in [-0.05, 0) is 64.1 Å². The summed E-state index contributed by atoms with van der Waals surface area (Å²) in [5, 5.41) is 2.62. The summed E-state index contributed by atoms with van der Waals surface area (Å²) in [5.74, 6) is 0.152. The van der Waals surface area contributed by atoms with E-state index in [2.05, 4.69) is 53.8 Å². The Balaban J connectivity index is 1.72. The number of carbonyl (C=O) groups excluding carboxylic acids is 4. The second kappa shape index (κ2) is 14.1. The van der Waals surface area contributed by atoms with E-state index in [0.29, 0.717) is 22.6 Å². The smallest absolute Gasteiger partial charge is 0.251 e. The molecule has 3 rings (SSSR count). The standard InChI is InChI=1S/C31H33NO4S2/c1-20-5-13-27(14-6-20)37-18-26(19-38-28-15-7-21(2)8-16-28)30(35)24-9-11-25(12-10-24)31(36)32-29(23(4)34)17-22(3)33/h5-16,26,29H,17-19H2,1-4H3,(H,32,36). The molecule has 0 bridgehead atoms. The SMILES string of the molecule is CC(=O)CC(NC(=O)c1ccc(C(=O)C(CSc2ccc(C)cc2)CSc2ccc(C)cc2)cc1)C(C)=O. The molecule has 0 aliphatic heterocycles. The number of hydrogen-bond acceptors (Lipinski definition) is 6. The zero-order chi connectivity index (χ0) is 27.7.